The number of carbonyl (C=O) groups is 1. The van der Waals surface area contributed by atoms with E-state index in [1.807, 2.05) is 35.7 Å². The van der Waals surface area contributed by atoms with E-state index in [0.717, 1.165) is 29.9 Å². The van der Waals surface area contributed by atoms with Crippen molar-refractivity contribution in [3.8, 4) is 5.69 Å². The largest absolute Gasteiger partial charge is 0.342 e. The maximum atomic E-state index is 12.8. The number of piperidine rings is 1. The van der Waals surface area contributed by atoms with Crippen molar-refractivity contribution in [1.29, 1.82) is 0 Å². The monoisotopic (exact) mass is 389 g/mol. The second-order valence-electron chi connectivity index (χ2n) is 7.81. The Morgan fingerprint density at radius 1 is 1.19 bits per heavy atom. The summed E-state index contributed by atoms with van der Waals surface area (Å²) in [5.41, 5.74) is 3.88. The molecule has 6 nitrogen and oxygen atoms in total. The van der Waals surface area contributed by atoms with E-state index in [2.05, 4.69) is 34.7 Å². The van der Waals surface area contributed by atoms with Crippen LogP contribution in [0.1, 0.15) is 42.6 Å². The lowest BCUT2D eigenvalue weighted by atomic mass is 9.98. The molecule has 1 N–H and O–H groups in total. The molecule has 0 aliphatic carbocycles. The number of fused-ring (bicyclic) bond motifs is 2. The molecule has 146 valence electrons. The normalized spacial score (nSPS) is 23.7. The molecule has 2 bridgehead atoms. The van der Waals surface area contributed by atoms with Gasteiger partial charge in [-0.05, 0) is 51.7 Å². The number of amides is 1. The summed E-state index contributed by atoms with van der Waals surface area (Å²) in [7, 11) is 1.94. The van der Waals surface area contributed by atoms with Gasteiger partial charge in [0.1, 0.15) is 0 Å². The maximum Gasteiger partial charge on any atom is 0.228 e. The van der Waals surface area contributed by atoms with Crippen LogP contribution in [0.4, 0.5) is 0 Å². The van der Waals surface area contributed by atoms with Gasteiger partial charge in [0.15, 0.2) is 0 Å². The van der Waals surface area contributed by atoms with Gasteiger partial charge < -0.3 is 10.2 Å². The minimum absolute atomic E-state index is 0. The summed E-state index contributed by atoms with van der Waals surface area (Å²) in [6.07, 6.45) is 4.93. The molecule has 0 radical (unpaired) electrons. The maximum absolute atomic E-state index is 12.8. The lowest BCUT2D eigenvalue weighted by Crippen LogP contribution is -2.49. The number of benzene rings is 1. The molecule has 2 saturated heterocycles. The number of hydrogen-bond donors (Lipinski definition) is 1. The molecule has 2 atom stereocenters. The highest BCUT2D eigenvalue weighted by Gasteiger charge is 2.36. The Kier molecular flexibility index (Phi) is 5.86. The van der Waals surface area contributed by atoms with Crippen LogP contribution in [0.3, 0.4) is 0 Å². The van der Waals surface area contributed by atoms with Gasteiger partial charge in [-0.25, -0.2) is 4.68 Å². The zero-order valence-electron chi connectivity index (χ0n) is 16.2. The molecule has 1 aromatic heterocycles. The van der Waals surface area contributed by atoms with Crippen molar-refractivity contribution < 1.29 is 4.79 Å². The first-order valence-electron chi connectivity index (χ1n) is 9.51. The molecule has 7 heteroatoms. The third-order valence-electron chi connectivity index (χ3n) is 5.98. The zero-order chi connectivity index (χ0) is 18.3. The van der Waals surface area contributed by atoms with Gasteiger partial charge in [0, 0.05) is 25.2 Å². The number of aryl methyl sites for hydroxylation is 1. The SMILES string of the molecule is Cc1ccc(-n2nnc(CC(=O)N(C)C3CC4CCC(C3)N4)c2C)cc1.Cl. The minimum atomic E-state index is 0. The molecule has 2 fully saturated rings. The zero-order valence-corrected chi connectivity index (χ0v) is 17.0. The summed E-state index contributed by atoms with van der Waals surface area (Å²) in [6, 6.07) is 9.67. The fourth-order valence-electron chi connectivity index (χ4n) is 4.27. The Morgan fingerprint density at radius 3 is 2.44 bits per heavy atom. The van der Waals surface area contributed by atoms with Gasteiger partial charge in [0.2, 0.25) is 5.91 Å². The van der Waals surface area contributed by atoms with Crippen LogP contribution in [0.2, 0.25) is 0 Å². The summed E-state index contributed by atoms with van der Waals surface area (Å²) in [6.45, 7) is 4.04. The van der Waals surface area contributed by atoms with Crippen LogP contribution in [0.5, 0.6) is 0 Å². The Bertz CT molecular complexity index is 791. The molecule has 2 aliphatic heterocycles. The lowest BCUT2D eigenvalue weighted by molar-refractivity contribution is -0.132. The summed E-state index contributed by atoms with van der Waals surface area (Å²) in [5.74, 6) is 0.135. The Hall–Kier alpha value is -1.92. The molecule has 2 aromatic rings. The fraction of sp³-hybridized carbons (Fsp3) is 0.550. The number of carbonyl (C=O) groups excluding carboxylic acids is 1. The Morgan fingerprint density at radius 2 is 1.81 bits per heavy atom. The van der Waals surface area contributed by atoms with E-state index < -0.39 is 0 Å². The highest BCUT2D eigenvalue weighted by atomic mass is 35.5. The van der Waals surface area contributed by atoms with Crippen LogP contribution in [0.15, 0.2) is 24.3 Å². The van der Waals surface area contributed by atoms with E-state index in [1.54, 1.807) is 0 Å². The number of aromatic nitrogens is 3. The van der Waals surface area contributed by atoms with E-state index in [9.17, 15) is 4.79 Å². The highest BCUT2D eigenvalue weighted by molar-refractivity contribution is 5.85. The number of rotatable bonds is 4. The van der Waals surface area contributed by atoms with Crippen LogP contribution in [0, 0.1) is 13.8 Å². The van der Waals surface area contributed by atoms with E-state index in [1.165, 1.54) is 18.4 Å². The molecule has 1 amide bonds. The number of hydrogen-bond acceptors (Lipinski definition) is 4. The molecule has 0 saturated carbocycles. The van der Waals surface area contributed by atoms with Gasteiger partial charge in [0.25, 0.3) is 0 Å². The standard InChI is InChI=1S/C20H27N5O.ClH/c1-13-4-8-17(9-5-13)25-14(2)19(22-23-25)12-20(26)24(3)18-10-15-6-7-16(11-18)21-15;/h4-5,8-9,15-16,18,21H,6-7,10-12H2,1-3H3;1H. The summed E-state index contributed by atoms with van der Waals surface area (Å²) in [4.78, 5) is 14.8. The van der Waals surface area contributed by atoms with Crippen molar-refractivity contribution >= 4 is 18.3 Å². The van der Waals surface area contributed by atoms with Gasteiger partial charge in [-0.1, -0.05) is 22.9 Å². The van der Waals surface area contributed by atoms with Gasteiger partial charge in [-0.15, -0.1) is 17.5 Å². The third-order valence-corrected chi connectivity index (χ3v) is 5.98. The Balaban J connectivity index is 0.00000210. The van der Waals surface area contributed by atoms with Gasteiger partial charge in [-0.3, -0.25) is 4.79 Å². The molecule has 3 heterocycles. The van der Waals surface area contributed by atoms with Crippen molar-refractivity contribution in [2.45, 2.75) is 64.1 Å². The first-order chi connectivity index (χ1) is 12.5. The smallest absolute Gasteiger partial charge is 0.228 e. The molecule has 2 unspecified atom stereocenters. The summed E-state index contributed by atoms with van der Waals surface area (Å²) >= 11 is 0. The predicted octanol–water partition coefficient (Wildman–Crippen LogP) is 2.59. The lowest BCUT2D eigenvalue weighted by Gasteiger charge is -2.35. The van der Waals surface area contributed by atoms with Crippen molar-refractivity contribution in [1.82, 2.24) is 25.2 Å². The number of halogens is 1. The predicted molar refractivity (Wildman–Crippen MR) is 108 cm³/mol. The van der Waals surface area contributed by atoms with Crippen molar-refractivity contribution in [3.63, 3.8) is 0 Å². The summed E-state index contributed by atoms with van der Waals surface area (Å²) in [5, 5.41) is 12.2. The molecular formula is C20H28ClN5O. The molecule has 27 heavy (non-hydrogen) atoms. The molecule has 1 aromatic carbocycles. The van der Waals surface area contributed by atoms with E-state index in [4.69, 9.17) is 0 Å². The van der Waals surface area contributed by atoms with E-state index in [0.29, 0.717) is 24.5 Å². The quantitative estimate of drug-likeness (QED) is 0.873. The summed E-state index contributed by atoms with van der Waals surface area (Å²) < 4.78 is 1.81. The van der Waals surface area contributed by atoms with Crippen molar-refractivity contribution in [2.75, 3.05) is 7.05 Å². The van der Waals surface area contributed by atoms with Crippen LogP contribution in [-0.2, 0) is 11.2 Å². The number of nitrogens with zero attached hydrogens (tertiary/aromatic N) is 4. The first-order valence-corrected chi connectivity index (χ1v) is 9.51. The van der Waals surface area contributed by atoms with Gasteiger partial charge in [-0.2, -0.15) is 0 Å². The highest BCUT2D eigenvalue weighted by Crippen LogP contribution is 2.29. The van der Waals surface area contributed by atoms with Crippen LogP contribution >= 0.6 is 12.4 Å². The van der Waals surface area contributed by atoms with Crippen molar-refractivity contribution in [3.05, 3.63) is 41.2 Å². The fourth-order valence-corrected chi connectivity index (χ4v) is 4.27. The average Bonchev–Trinajstić information content (AvgIpc) is 3.17. The Labute approximate surface area is 166 Å². The second kappa shape index (κ2) is 7.98. The molecule has 4 rings (SSSR count). The van der Waals surface area contributed by atoms with E-state index in [-0.39, 0.29) is 18.3 Å². The molecule has 2 aliphatic rings. The second-order valence-corrected chi connectivity index (χ2v) is 7.81. The van der Waals surface area contributed by atoms with Crippen molar-refractivity contribution in [2.24, 2.45) is 0 Å². The van der Waals surface area contributed by atoms with Gasteiger partial charge in [0.05, 0.1) is 23.5 Å². The third kappa shape index (κ3) is 4.01. The van der Waals surface area contributed by atoms with Crippen LogP contribution in [0.25, 0.3) is 5.69 Å². The number of nitrogens with one attached hydrogen (secondary N) is 1. The minimum Gasteiger partial charge on any atom is -0.342 e. The average molecular weight is 390 g/mol. The van der Waals surface area contributed by atoms with E-state index >= 15 is 0 Å². The van der Waals surface area contributed by atoms with Gasteiger partial charge >= 0.3 is 0 Å². The molecular weight excluding hydrogens is 362 g/mol. The van der Waals surface area contributed by atoms with Crippen LogP contribution < -0.4 is 5.32 Å². The molecule has 0 spiro atoms. The first kappa shape index (κ1) is 19.8. The topological polar surface area (TPSA) is 63.1 Å². The number of likely N-dealkylation sites (N-methyl/N-ethyl adjacent to an activating group) is 1. The van der Waals surface area contributed by atoms with Crippen LogP contribution in [-0.4, -0.2) is 51.0 Å².